The van der Waals surface area contributed by atoms with Crippen LogP contribution in [0.2, 0.25) is 0 Å². The van der Waals surface area contributed by atoms with E-state index in [0.717, 1.165) is 32.1 Å². The topological polar surface area (TPSA) is 154 Å². The van der Waals surface area contributed by atoms with Gasteiger partial charge in [0.1, 0.15) is 30.2 Å². The zero-order valence-electron chi connectivity index (χ0n) is 18.7. The van der Waals surface area contributed by atoms with Crippen LogP contribution in [0.25, 0.3) is 0 Å². The van der Waals surface area contributed by atoms with Crippen LogP contribution in [0.4, 0.5) is 0 Å². The van der Waals surface area contributed by atoms with Crippen LogP contribution in [0.15, 0.2) is 12.2 Å². The van der Waals surface area contributed by atoms with Crippen LogP contribution < -0.4 is 0 Å². The van der Waals surface area contributed by atoms with Crippen molar-refractivity contribution in [2.24, 2.45) is 11.8 Å². The van der Waals surface area contributed by atoms with Gasteiger partial charge in [-0.3, -0.25) is 9.59 Å². The SMILES string of the molecule is CCCC=CC1C(O)CC(=O)C1CCCCCCC(=O)OC1O[C@H](CO)[C@@H](O)[C@H](O)[C@H]1O. The Bertz CT molecular complexity index is 621. The third kappa shape index (κ3) is 7.33. The second-order valence-electron chi connectivity index (χ2n) is 8.78. The fourth-order valence-corrected chi connectivity index (χ4v) is 4.35. The summed E-state index contributed by atoms with van der Waals surface area (Å²) in [5.41, 5.74) is 0. The lowest BCUT2D eigenvalue weighted by Gasteiger charge is -2.39. The maximum absolute atomic E-state index is 12.2. The van der Waals surface area contributed by atoms with Gasteiger partial charge in [0.15, 0.2) is 0 Å². The summed E-state index contributed by atoms with van der Waals surface area (Å²) in [6.45, 7) is 1.49. The van der Waals surface area contributed by atoms with Crippen LogP contribution in [-0.4, -0.2) is 80.7 Å². The monoisotopic (exact) mass is 458 g/mol. The zero-order valence-corrected chi connectivity index (χ0v) is 18.7. The van der Waals surface area contributed by atoms with Crippen molar-refractivity contribution in [3.63, 3.8) is 0 Å². The Morgan fingerprint density at radius 2 is 1.81 bits per heavy atom. The van der Waals surface area contributed by atoms with Gasteiger partial charge in [0.2, 0.25) is 6.29 Å². The fourth-order valence-electron chi connectivity index (χ4n) is 4.35. The molecule has 2 rings (SSSR count). The Morgan fingerprint density at radius 3 is 2.50 bits per heavy atom. The van der Waals surface area contributed by atoms with E-state index in [9.17, 15) is 30.0 Å². The quantitative estimate of drug-likeness (QED) is 0.161. The fraction of sp³-hybridized carbons (Fsp3) is 0.826. The average molecular weight is 459 g/mol. The molecule has 0 aromatic heterocycles. The Balaban J connectivity index is 1.66. The maximum Gasteiger partial charge on any atom is 0.308 e. The number of aliphatic hydroxyl groups is 5. The third-order valence-corrected chi connectivity index (χ3v) is 6.29. The summed E-state index contributed by atoms with van der Waals surface area (Å²) in [5, 5.41) is 48.7. The number of Topliss-reactive ketones (excluding diaryl/α,β-unsaturated/α-hetero) is 1. The molecule has 9 nitrogen and oxygen atoms in total. The molecule has 8 atom stereocenters. The minimum absolute atomic E-state index is 0.0957. The number of aliphatic hydroxyl groups excluding tert-OH is 5. The molecular formula is C23H38O9. The molecule has 0 aromatic rings. The molecule has 0 bridgehead atoms. The summed E-state index contributed by atoms with van der Waals surface area (Å²) >= 11 is 0. The lowest BCUT2D eigenvalue weighted by Crippen LogP contribution is -2.59. The van der Waals surface area contributed by atoms with E-state index in [-0.39, 0.29) is 30.5 Å². The molecule has 0 radical (unpaired) electrons. The number of carbonyl (C=O) groups is 2. The predicted molar refractivity (Wildman–Crippen MR) is 114 cm³/mol. The molecule has 32 heavy (non-hydrogen) atoms. The van der Waals surface area contributed by atoms with Gasteiger partial charge < -0.3 is 35.0 Å². The average Bonchev–Trinajstić information content (AvgIpc) is 3.03. The molecular weight excluding hydrogens is 420 g/mol. The van der Waals surface area contributed by atoms with Crippen molar-refractivity contribution in [1.82, 2.24) is 0 Å². The highest BCUT2D eigenvalue weighted by Crippen LogP contribution is 2.34. The highest BCUT2D eigenvalue weighted by Gasteiger charge is 2.45. The van der Waals surface area contributed by atoms with E-state index in [0.29, 0.717) is 12.8 Å². The van der Waals surface area contributed by atoms with Gasteiger partial charge in [-0.25, -0.2) is 0 Å². The van der Waals surface area contributed by atoms with E-state index >= 15 is 0 Å². The number of allylic oxidation sites excluding steroid dienone is 1. The van der Waals surface area contributed by atoms with Crippen molar-refractivity contribution in [1.29, 1.82) is 0 Å². The minimum Gasteiger partial charge on any atom is -0.433 e. The molecule has 5 N–H and O–H groups in total. The van der Waals surface area contributed by atoms with E-state index < -0.39 is 49.4 Å². The van der Waals surface area contributed by atoms with Crippen molar-refractivity contribution in [2.75, 3.05) is 6.61 Å². The van der Waals surface area contributed by atoms with Crippen LogP contribution in [0.5, 0.6) is 0 Å². The van der Waals surface area contributed by atoms with Gasteiger partial charge in [0.25, 0.3) is 0 Å². The number of ether oxygens (including phenoxy) is 2. The number of hydrogen-bond donors (Lipinski definition) is 5. The molecule has 0 amide bonds. The van der Waals surface area contributed by atoms with Crippen LogP contribution in [-0.2, 0) is 19.1 Å². The van der Waals surface area contributed by atoms with Crippen LogP contribution >= 0.6 is 0 Å². The van der Waals surface area contributed by atoms with Crippen molar-refractivity contribution < 1.29 is 44.6 Å². The lowest BCUT2D eigenvalue weighted by molar-refractivity contribution is -0.292. The maximum atomic E-state index is 12.2. The summed E-state index contributed by atoms with van der Waals surface area (Å²) in [5.74, 6) is -0.742. The summed E-state index contributed by atoms with van der Waals surface area (Å²) < 4.78 is 10.2. The molecule has 1 saturated carbocycles. The molecule has 2 aliphatic rings. The number of carbonyl (C=O) groups excluding carboxylic acids is 2. The van der Waals surface area contributed by atoms with Crippen molar-refractivity contribution in [3.8, 4) is 0 Å². The second kappa shape index (κ2) is 13.4. The first kappa shape index (κ1) is 26.9. The molecule has 4 unspecified atom stereocenters. The standard InChI is InChI=1S/C23H38O9/c1-2-3-6-9-14-15(17(26)12-16(14)25)10-7-4-5-8-11-19(27)32-23-22(30)21(29)20(28)18(13-24)31-23/h6,9,14-16,18,20-25,28-30H,2-5,7-8,10-13H2,1H3/t14?,15?,16?,18-,20-,21+,22-,23?/m1/s1. The second-order valence-corrected chi connectivity index (χ2v) is 8.78. The summed E-state index contributed by atoms with van der Waals surface area (Å²) in [4.78, 5) is 24.2. The van der Waals surface area contributed by atoms with Gasteiger partial charge in [0, 0.05) is 24.7 Å². The molecule has 1 heterocycles. The number of unbranched alkanes of at least 4 members (excludes halogenated alkanes) is 4. The van der Waals surface area contributed by atoms with Crippen molar-refractivity contribution in [2.45, 2.75) is 102 Å². The molecule has 2 fully saturated rings. The number of hydrogen-bond acceptors (Lipinski definition) is 9. The van der Waals surface area contributed by atoms with E-state index in [1.54, 1.807) is 0 Å². The first-order valence-electron chi connectivity index (χ1n) is 11.7. The minimum atomic E-state index is -1.60. The van der Waals surface area contributed by atoms with E-state index in [4.69, 9.17) is 14.6 Å². The molecule has 1 aliphatic carbocycles. The van der Waals surface area contributed by atoms with Gasteiger partial charge >= 0.3 is 5.97 Å². The molecule has 0 spiro atoms. The summed E-state index contributed by atoms with van der Waals surface area (Å²) in [7, 11) is 0. The largest absolute Gasteiger partial charge is 0.433 e. The van der Waals surface area contributed by atoms with Crippen LogP contribution in [0.1, 0.15) is 64.7 Å². The predicted octanol–water partition coefficient (Wildman–Crippen LogP) is 0.592. The van der Waals surface area contributed by atoms with Crippen molar-refractivity contribution in [3.05, 3.63) is 12.2 Å². The van der Waals surface area contributed by atoms with Gasteiger partial charge in [-0.2, -0.15) is 0 Å². The van der Waals surface area contributed by atoms with E-state index in [2.05, 4.69) is 6.92 Å². The number of ketones is 1. The van der Waals surface area contributed by atoms with Crippen LogP contribution in [0, 0.1) is 11.8 Å². The van der Waals surface area contributed by atoms with Gasteiger partial charge in [-0.05, 0) is 19.3 Å². The Kier molecular flexibility index (Phi) is 11.2. The van der Waals surface area contributed by atoms with Crippen molar-refractivity contribution >= 4 is 11.8 Å². The molecule has 0 aromatic carbocycles. The highest BCUT2D eigenvalue weighted by molar-refractivity contribution is 5.84. The lowest BCUT2D eigenvalue weighted by atomic mass is 9.88. The Hall–Kier alpha value is -1.36. The number of esters is 1. The normalized spacial score (nSPS) is 35.5. The summed E-state index contributed by atoms with van der Waals surface area (Å²) in [6, 6.07) is 0. The molecule has 1 aliphatic heterocycles. The number of rotatable bonds is 12. The van der Waals surface area contributed by atoms with E-state index in [1.807, 2.05) is 12.2 Å². The van der Waals surface area contributed by atoms with Crippen LogP contribution in [0.3, 0.4) is 0 Å². The first-order chi connectivity index (χ1) is 15.3. The molecule has 1 saturated heterocycles. The van der Waals surface area contributed by atoms with E-state index in [1.165, 1.54) is 0 Å². The Labute approximate surface area is 189 Å². The highest BCUT2D eigenvalue weighted by atomic mass is 16.7. The zero-order chi connectivity index (χ0) is 23.7. The van der Waals surface area contributed by atoms with Gasteiger partial charge in [-0.1, -0.05) is 44.8 Å². The molecule has 184 valence electrons. The van der Waals surface area contributed by atoms with Gasteiger partial charge in [-0.15, -0.1) is 0 Å². The smallest absolute Gasteiger partial charge is 0.308 e. The molecule has 9 heteroatoms. The first-order valence-corrected chi connectivity index (χ1v) is 11.7. The van der Waals surface area contributed by atoms with Gasteiger partial charge in [0.05, 0.1) is 12.7 Å². The third-order valence-electron chi connectivity index (χ3n) is 6.29. The summed E-state index contributed by atoms with van der Waals surface area (Å²) in [6.07, 6.45) is 2.12. The Morgan fingerprint density at radius 1 is 1.09 bits per heavy atom.